The lowest BCUT2D eigenvalue weighted by Gasteiger charge is -2.26. The van der Waals surface area contributed by atoms with E-state index in [1.165, 1.54) is 5.56 Å². The van der Waals surface area contributed by atoms with Gasteiger partial charge in [0, 0.05) is 23.3 Å². The van der Waals surface area contributed by atoms with Crippen molar-refractivity contribution >= 4 is 11.9 Å². The lowest BCUT2D eigenvalue weighted by atomic mass is 9.98. The maximum absolute atomic E-state index is 12.8. The van der Waals surface area contributed by atoms with Gasteiger partial charge in [0.15, 0.2) is 0 Å². The summed E-state index contributed by atoms with van der Waals surface area (Å²) in [5.41, 5.74) is 3.16. The van der Waals surface area contributed by atoms with Crippen molar-refractivity contribution in [3.8, 4) is 0 Å². The van der Waals surface area contributed by atoms with E-state index in [0.29, 0.717) is 12.0 Å². The van der Waals surface area contributed by atoms with Crippen LogP contribution < -0.4 is 5.32 Å². The molecule has 0 bridgehead atoms. The van der Waals surface area contributed by atoms with E-state index in [9.17, 15) is 9.59 Å². The number of nitrogens with one attached hydrogen (secondary N) is 1. The number of nitrogens with zero attached hydrogens (tertiary/aromatic N) is 1. The molecule has 140 valence electrons. The summed E-state index contributed by atoms with van der Waals surface area (Å²) in [5, 5.41) is 11.8. The van der Waals surface area contributed by atoms with Gasteiger partial charge in [-0.3, -0.25) is 9.59 Å². The number of carbonyl (C=O) groups is 2. The van der Waals surface area contributed by atoms with Gasteiger partial charge in [0.1, 0.15) is 0 Å². The number of aryl methyl sites for hydroxylation is 1. The fourth-order valence-corrected chi connectivity index (χ4v) is 3.34. The topological polar surface area (TPSA) is 71.3 Å². The largest absolute Gasteiger partial charge is 0.481 e. The summed E-state index contributed by atoms with van der Waals surface area (Å²) < 4.78 is 2.16. The van der Waals surface area contributed by atoms with Crippen LogP contribution in [0.2, 0.25) is 0 Å². The molecule has 0 saturated heterocycles. The Labute approximate surface area is 155 Å². The molecule has 0 aliphatic rings. The summed E-state index contributed by atoms with van der Waals surface area (Å²) in [6.07, 6.45) is 0.407. The van der Waals surface area contributed by atoms with Crippen LogP contribution >= 0.6 is 0 Å². The van der Waals surface area contributed by atoms with Gasteiger partial charge in [-0.05, 0) is 52.7 Å². The van der Waals surface area contributed by atoms with Crippen LogP contribution in [0.15, 0.2) is 36.4 Å². The number of carboxylic acid groups (broad SMARTS) is 1. The first kappa shape index (κ1) is 19.8. The molecule has 0 spiro atoms. The zero-order valence-corrected chi connectivity index (χ0v) is 16.2. The van der Waals surface area contributed by atoms with E-state index in [1.54, 1.807) is 0 Å². The first-order valence-corrected chi connectivity index (χ1v) is 8.90. The van der Waals surface area contributed by atoms with E-state index in [-0.39, 0.29) is 18.4 Å². The molecule has 26 heavy (non-hydrogen) atoms. The highest BCUT2D eigenvalue weighted by atomic mass is 16.4. The fourth-order valence-electron chi connectivity index (χ4n) is 3.34. The van der Waals surface area contributed by atoms with Gasteiger partial charge in [-0.15, -0.1) is 0 Å². The molecule has 2 aromatic rings. The zero-order valence-electron chi connectivity index (χ0n) is 16.2. The smallest absolute Gasteiger partial charge is 0.303 e. The quantitative estimate of drug-likeness (QED) is 0.785. The second kappa shape index (κ2) is 7.77. The van der Waals surface area contributed by atoms with E-state index in [1.807, 2.05) is 52.0 Å². The van der Waals surface area contributed by atoms with Crippen molar-refractivity contribution < 1.29 is 14.7 Å². The van der Waals surface area contributed by atoms with Crippen molar-refractivity contribution in [3.63, 3.8) is 0 Å². The zero-order chi connectivity index (χ0) is 19.5. The van der Waals surface area contributed by atoms with Crippen molar-refractivity contribution in [1.82, 2.24) is 9.88 Å². The summed E-state index contributed by atoms with van der Waals surface area (Å²) >= 11 is 0. The maximum atomic E-state index is 12.8. The van der Waals surface area contributed by atoms with Crippen molar-refractivity contribution in [2.24, 2.45) is 0 Å². The highest BCUT2D eigenvalue weighted by molar-refractivity contribution is 5.96. The van der Waals surface area contributed by atoms with Crippen LogP contribution in [0.1, 0.15) is 67.0 Å². The third-order valence-electron chi connectivity index (χ3n) is 4.81. The molecule has 0 saturated carbocycles. The van der Waals surface area contributed by atoms with E-state index >= 15 is 0 Å². The third kappa shape index (κ3) is 4.54. The molecule has 1 aromatic heterocycles. The van der Waals surface area contributed by atoms with Crippen LogP contribution in [-0.4, -0.2) is 27.1 Å². The van der Waals surface area contributed by atoms with Crippen LogP contribution in [0.4, 0.5) is 0 Å². The molecule has 2 N–H and O–H groups in total. The summed E-state index contributed by atoms with van der Waals surface area (Å²) in [4.78, 5) is 23.6. The van der Waals surface area contributed by atoms with Gasteiger partial charge in [-0.2, -0.15) is 0 Å². The molecular weight excluding hydrogens is 328 g/mol. The monoisotopic (exact) mass is 356 g/mol. The SMILES string of the molecule is Cc1cc(C(=O)NC(C)(C)CCC(=O)O)c(C)n1C(C)c1ccccc1. The van der Waals surface area contributed by atoms with Gasteiger partial charge in [0.25, 0.3) is 5.91 Å². The molecule has 1 atom stereocenters. The molecule has 0 fully saturated rings. The summed E-state index contributed by atoms with van der Waals surface area (Å²) in [5.74, 6) is -1.03. The minimum Gasteiger partial charge on any atom is -0.481 e. The van der Waals surface area contributed by atoms with Crippen molar-refractivity contribution in [1.29, 1.82) is 0 Å². The first-order valence-electron chi connectivity index (χ1n) is 8.90. The number of carbonyl (C=O) groups excluding carboxylic acids is 1. The lowest BCUT2D eigenvalue weighted by Crippen LogP contribution is -2.43. The number of aromatic nitrogens is 1. The third-order valence-corrected chi connectivity index (χ3v) is 4.81. The van der Waals surface area contributed by atoms with Gasteiger partial charge in [-0.25, -0.2) is 0 Å². The number of amides is 1. The highest BCUT2D eigenvalue weighted by Gasteiger charge is 2.25. The molecule has 0 radical (unpaired) electrons. The summed E-state index contributed by atoms with van der Waals surface area (Å²) in [6, 6.07) is 12.2. The van der Waals surface area contributed by atoms with Crippen molar-refractivity contribution in [2.45, 2.75) is 59.0 Å². The predicted octanol–water partition coefficient (Wildman–Crippen LogP) is 4.09. The van der Waals surface area contributed by atoms with Gasteiger partial charge in [0.2, 0.25) is 0 Å². The molecule has 5 heteroatoms. The van der Waals surface area contributed by atoms with E-state index < -0.39 is 11.5 Å². The number of aliphatic carboxylic acids is 1. The normalized spacial score (nSPS) is 12.7. The number of benzene rings is 1. The molecule has 0 aliphatic carbocycles. The molecule has 0 aliphatic heterocycles. The molecule has 5 nitrogen and oxygen atoms in total. The summed E-state index contributed by atoms with van der Waals surface area (Å²) in [7, 11) is 0. The molecule has 2 rings (SSSR count). The maximum Gasteiger partial charge on any atom is 0.303 e. The number of rotatable bonds is 7. The van der Waals surface area contributed by atoms with Gasteiger partial charge < -0.3 is 15.0 Å². The Balaban J connectivity index is 2.24. The van der Waals surface area contributed by atoms with E-state index in [4.69, 9.17) is 5.11 Å². The van der Waals surface area contributed by atoms with Crippen LogP contribution in [-0.2, 0) is 4.79 Å². The minimum atomic E-state index is -0.859. The number of hydrogen-bond acceptors (Lipinski definition) is 2. The second-order valence-electron chi connectivity index (χ2n) is 7.47. The average molecular weight is 356 g/mol. The Morgan fingerprint density at radius 1 is 1.19 bits per heavy atom. The lowest BCUT2D eigenvalue weighted by molar-refractivity contribution is -0.137. The molecule has 1 aromatic carbocycles. The molecule has 1 unspecified atom stereocenters. The van der Waals surface area contributed by atoms with Crippen LogP contribution in [0.5, 0.6) is 0 Å². The first-order chi connectivity index (χ1) is 12.1. The Hall–Kier alpha value is -2.56. The minimum absolute atomic E-state index is 0.0251. The van der Waals surface area contributed by atoms with Crippen molar-refractivity contribution in [2.75, 3.05) is 0 Å². The van der Waals surface area contributed by atoms with Crippen LogP contribution in [0.25, 0.3) is 0 Å². The van der Waals surface area contributed by atoms with E-state index in [2.05, 4.69) is 28.9 Å². The summed E-state index contributed by atoms with van der Waals surface area (Å²) in [6.45, 7) is 9.76. The Bertz CT molecular complexity index is 791. The average Bonchev–Trinajstić information content (AvgIpc) is 2.87. The number of carboxylic acids is 1. The highest BCUT2D eigenvalue weighted by Crippen LogP contribution is 2.26. The van der Waals surface area contributed by atoms with Gasteiger partial charge in [-0.1, -0.05) is 30.3 Å². The van der Waals surface area contributed by atoms with Crippen LogP contribution in [0, 0.1) is 13.8 Å². The van der Waals surface area contributed by atoms with Crippen molar-refractivity contribution in [3.05, 3.63) is 58.9 Å². The van der Waals surface area contributed by atoms with Gasteiger partial charge in [0.05, 0.1) is 11.6 Å². The number of hydrogen-bond donors (Lipinski definition) is 2. The Kier molecular flexibility index (Phi) is 5.90. The molecule has 1 amide bonds. The van der Waals surface area contributed by atoms with Gasteiger partial charge >= 0.3 is 5.97 Å². The Morgan fingerprint density at radius 3 is 2.38 bits per heavy atom. The molecular formula is C21H28N2O3. The Morgan fingerprint density at radius 2 is 1.81 bits per heavy atom. The molecule has 1 heterocycles. The van der Waals surface area contributed by atoms with E-state index in [0.717, 1.165) is 11.4 Å². The second-order valence-corrected chi connectivity index (χ2v) is 7.47. The fraction of sp³-hybridized carbons (Fsp3) is 0.429. The predicted molar refractivity (Wildman–Crippen MR) is 103 cm³/mol. The standard InChI is InChI=1S/C21H28N2O3/c1-14-13-18(20(26)22-21(4,5)12-11-19(24)25)16(3)23(14)15(2)17-9-7-6-8-10-17/h6-10,13,15H,11-12H2,1-5H3,(H,22,26)(H,24,25). The van der Waals surface area contributed by atoms with Crippen LogP contribution in [0.3, 0.4) is 0 Å².